The van der Waals surface area contributed by atoms with Crippen molar-refractivity contribution in [3.63, 3.8) is 0 Å². The minimum Gasteiger partial charge on any atom is -0.476 e. The van der Waals surface area contributed by atoms with Gasteiger partial charge in [0.2, 0.25) is 5.88 Å². The van der Waals surface area contributed by atoms with Gasteiger partial charge in [0.05, 0.1) is 0 Å². The summed E-state index contributed by atoms with van der Waals surface area (Å²) >= 11 is 1.76. The SMILES string of the molecule is CSc1ccc(CNCCOc2ccccn2)cc1. The minimum absolute atomic E-state index is 0.625. The first-order valence-corrected chi connectivity index (χ1v) is 7.48. The van der Waals surface area contributed by atoms with E-state index in [1.807, 2.05) is 18.2 Å². The second-order valence-electron chi connectivity index (χ2n) is 4.04. The Morgan fingerprint density at radius 1 is 1.16 bits per heavy atom. The Morgan fingerprint density at radius 3 is 2.68 bits per heavy atom. The molecule has 1 aromatic heterocycles. The van der Waals surface area contributed by atoms with E-state index in [9.17, 15) is 0 Å². The van der Waals surface area contributed by atoms with Crippen LogP contribution in [0.5, 0.6) is 5.88 Å². The minimum atomic E-state index is 0.625. The van der Waals surface area contributed by atoms with Gasteiger partial charge >= 0.3 is 0 Å². The lowest BCUT2D eigenvalue weighted by Gasteiger charge is -2.07. The fourth-order valence-corrected chi connectivity index (χ4v) is 2.04. The molecule has 0 unspecified atom stereocenters. The van der Waals surface area contributed by atoms with Crippen molar-refractivity contribution in [3.05, 3.63) is 54.2 Å². The van der Waals surface area contributed by atoms with Crippen LogP contribution in [0.25, 0.3) is 0 Å². The molecule has 100 valence electrons. The molecule has 0 bridgehead atoms. The van der Waals surface area contributed by atoms with Crippen LogP contribution in [0.4, 0.5) is 0 Å². The highest BCUT2D eigenvalue weighted by Gasteiger charge is 1.95. The number of hydrogen-bond acceptors (Lipinski definition) is 4. The molecule has 0 aliphatic carbocycles. The van der Waals surface area contributed by atoms with Gasteiger partial charge in [0.1, 0.15) is 6.61 Å². The van der Waals surface area contributed by atoms with Gasteiger partial charge in [-0.1, -0.05) is 18.2 Å². The summed E-state index contributed by atoms with van der Waals surface area (Å²) in [7, 11) is 0. The van der Waals surface area contributed by atoms with Crippen molar-refractivity contribution in [2.45, 2.75) is 11.4 Å². The van der Waals surface area contributed by atoms with Crippen LogP contribution in [0.2, 0.25) is 0 Å². The third-order valence-electron chi connectivity index (χ3n) is 2.65. The zero-order chi connectivity index (χ0) is 13.3. The summed E-state index contributed by atoms with van der Waals surface area (Å²) in [4.78, 5) is 5.40. The Bertz CT molecular complexity index is 473. The van der Waals surface area contributed by atoms with Gasteiger partial charge in [-0.05, 0) is 30.0 Å². The van der Waals surface area contributed by atoms with Crippen molar-refractivity contribution in [1.29, 1.82) is 0 Å². The molecule has 0 radical (unpaired) electrons. The van der Waals surface area contributed by atoms with E-state index in [-0.39, 0.29) is 0 Å². The Hall–Kier alpha value is -1.52. The van der Waals surface area contributed by atoms with Gasteiger partial charge in [-0.25, -0.2) is 4.98 Å². The van der Waals surface area contributed by atoms with Crippen LogP contribution in [-0.2, 0) is 6.54 Å². The first-order chi connectivity index (χ1) is 9.38. The standard InChI is InChI=1S/C15H18N2OS/c1-19-14-7-5-13(6-8-14)12-16-10-11-18-15-4-2-3-9-17-15/h2-9,16H,10-12H2,1H3. The lowest BCUT2D eigenvalue weighted by molar-refractivity contribution is 0.302. The summed E-state index contributed by atoms with van der Waals surface area (Å²) in [5.41, 5.74) is 1.29. The number of thioether (sulfide) groups is 1. The molecule has 0 amide bonds. The summed E-state index contributed by atoms with van der Waals surface area (Å²) in [6, 6.07) is 14.3. The number of nitrogens with zero attached hydrogens (tertiary/aromatic N) is 1. The first-order valence-electron chi connectivity index (χ1n) is 6.26. The molecule has 1 heterocycles. The smallest absolute Gasteiger partial charge is 0.213 e. The van der Waals surface area contributed by atoms with Crippen LogP contribution in [0.15, 0.2) is 53.6 Å². The molecular formula is C15H18N2OS. The molecule has 1 aromatic carbocycles. The molecule has 0 aliphatic heterocycles. The van der Waals surface area contributed by atoms with E-state index in [1.165, 1.54) is 10.5 Å². The van der Waals surface area contributed by atoms with Gasteiger partial charge in [-0.3, -0.25) is 0 Å². The molecule has 0 saturated heterocycles. The van der Waals surface area contributed by atoms with E-state index < -0.39 is 0 Å². The maximum absolute atomic E-state index is 5.50. The van der Waals surface area contributed by atoms with Crippen molar-refractivity contribution in [1.82, 2.24) is 10.3 Å². The zero-order valence-corrected chi connectivity index (χ0v) is 11.8. The summed E-state index contributed by atoms with van der Waals surface area (Å²) < 4.78 is 5.50. The molecule has 0 saturated carbocycles. The highest BCUT2D eigenvalue weighted by Crippen LogP contribution is 2.14. The summed E-state index contributed by atoms with van der Waals surface area (Å²) in [5.74, 6) is 0.675. The Kier molecular flexibility index (Phi) is 5.72. The molecule has 4 heteroatoms. The Morgan fingerprint density at radius 2 is 2.00 bits per heavy atom. The van der Waals surface area contributed by atoms with Crippen molar-refractivity contribution in [2.75, 3.05) is 19.4 Å². The Labute approximate surface area is 118 Å². The number of benzene rings is 1. The molecule has 0 spiro atoms. The van der Waals surface area contributed by atoms with E-state index >= 15 is 0 Å². The average Bonchev–Trinajstić information content (AvgIpc) is 2.49. The molecule has 19 heavy (non-hydrogen) atoms. The van der Waals surface area contributed by atoms with Crippen LogP contribution in [0.1, 0.15) is 5.56 Å². The van der Waals surface area contributed by atoms with Gasteiger partial charge < -0.3 is 10.1 Å². The lowest BCUT2D eigenvalue weighted by Crippen LogP contribution is -2.20. The van der Waals surface area contributed by atoms with Crippen molar-refractivity contribution < 1.29 is 4.74 Å². The predicted molar refractivity (Wildman–Crippen MR) is 79.7 cm³/mol. The van der Waals surface area contributed by atoms with E-state index in [0.29, 0.717) is 12.5 Å². The number of hydrogen-bond donors (Lipinski definition) is 1. The second-order valence-corrected chi connectivity index (χ2v) is 4.92. The van der Waals surface area contributed by atoms with Crippen molar-refractivity contribution >= 4 is 11.8 Å². The molecule has 0 atom stereocenters. The van der Waals surface area contributed by atoms with Gasteiger partial charge in [-0.2, -0.15) is 0 Å². The predicted octanol–water partition coefficient (Wildman–Crippen LogP) is 2.97. The monoisotopic (exact) mass is 274 g/mol. The molecular weight excluding hydrogens is 256 g/mol. The van der Waals surface area contributed by atoms with Crippen LogP contribution in [-0.4, -0.2) is 24.4 Å². The van der Waals surface area contributed by atoms with E-state index in [0.717, 1.165) is 13.1 Å². The molecule has 0 fully saturated rings. The van der Waals surface area contributed by atoms with E-state index in [2.05, 4.69) is 40.8 Å². The number of rotatable bonds is 7. The summed E-state index contributed by atoms with van der Waals surface area (Å²) in [5, 5.41) is 3.35. The number of aromatic nitrogens is 1. The zero-order valence-electron chi connectivity index (χ0n) is 11.0. The molecule has 0 aliphatic rings. The largest absolute Gasteiger partial charge is 0.476 e. The number of pyridine rings is 1. The quantitative estimate of drug-likeness (QED) is 0.622. The van der Waals surface area contributed by atoms with Crippen LogP contribution in [0, 0.1) is 0 Å². The van der Waals surface area contributed by atoms with Gasteiger partial charge in [-0.15, -0.1) is 11.8 Å². The molecule has 2 aromatic rings. The highest BCUT2D eigenvalue weighted by atomic mass is 32.2. The first kappa shape index (κ1) is 13.9. The van der Waals surface area contributed by atoms with Gasteiger partial charge in [0.15, 0.2) is 0 Å². The van der Waals surface area contributed by atoms with Crippen LogP contribution in [0.3, 0.4) is 0 Å². The second kappa shape index (κ2) is 7.81. The normalized spacial score (nSPS) is 10.4. The fourth-order valence-electron chi connectivity index (χ4n) is 1.64. The molecule has 2 rings (SSSR count). The van der Waals surface area contributed by atoms with E-state index in [1.54, 1.807) is 18.0 Å². The van der Waals surface area contributed by atoms with Crippen molar-refractivity contribution in [2.24, 2.45) is 0 Å². The molecule has 1 N–H and O–H groups in total. The van der Waals surface area contributed by atoms with Gasteiger partial charge in [0, 0.05) is 30.2 Å². The Balaban J connectivity index is 1.63. The van der Waals surface area contributed by atoms with Crippen molar-refractivity contribution in [3.8, 4) is 5.88 Å². The van der Waals surface area contributed by atoms with Gasteiger partial charge in [0.25, 0.3) is 0 Å². The third-order valence-corrected chi connectivity index (χ3v) is 3.40. The lowest BCUT2D eigenvalue weighted by atomic mass is 10.2. The summed E-state index contributed by atoms with van der Waals surface area (Å²) in [6.45, 7) is 2.29. The summed E-state index contributed by atoms with van der Waals surface area (Å²) in [6.07, 6.45) is 3.82. The maximum Gasteiger partial charge on any atom is 0.213 e. The topological polar surface area (TPSA) is 34.1 Å². The average molecular weight is 274 g/mol. The number of nitrogens with one attached hydrogen (secondary N) is 1. The highest BCUT2D eigenvalue weighted by molar-refractivity contribution is 7.98. The van der Waals surface area contributed by atoms with E-state index in [4.69, 9.17) is 4.74 Å². The molecule has 3 nitrogen and oxygen atoms in total. The third kappa shape index (κ3) is 4.93. The maximum atomic E-state index is 5.50. The number of ether oxygens (including phenoxy) is 1. The van der Waals surface area contributed by atoms with Crippen LogP contribution < -0.4 is 10.1 Å². The fraction of sp³-hybridized carbons (Fsp3) is 0.267. The van der Waals surface area contributed by atoms with Crippen LogP contribution >= 0.6 is 11.8 Å².